The van der Waals surface area contributed by atoms with Gasteiger partial charge >= 0.3 is 0 Å². The number of likely N-dealkylation sites (tertiary alicyclic amines) is 1. The molecule has 4 nitrogen and oxygen atoms in total. The molecule has 3 rings (SSSR count). The number of thiophene rings is 1. The molecule has 0 radical (unpaired) electrons. The van der Waals surface area contributed by atoms with E-state index in [2.05, 4.69) is 22.3 Å². The summed E-state index contributed by atoms with van der Waals surface area (Å²) >= 11 is 1.67. The minimum atomic E-state index is -0.412. The number of carbonyl (C=O) groups excluding carboxylic acids is 1. The molecule has 2 heterocycles. The number of benzene rings is 1. The van der Waals surface area contributed by atoms with Crippen molar-refractivity contribution in [3.8, 4) is 5.75 Å². The first kappa shape index (κ1) is 18.0. The Kier molecular flexibility index (Phi) is 5.45. The molecular formula is C20H26N2O2S. The highest BCUT2D eigenvalue weighted by molar-refractivity contribution is 7.09. The molecule has 1 fully saturated rings. The molecule has 1 atom stereocenters. The maximum atomic E-state index is 12.7. The summed E-state index contributed by atoms with van der Waals surface area (Å²) in [6.45, 7) is 8.43. The third-order valence-electron chi connectivity index (χ3n) is 4.73. The predicted octanol–water partition coefficient (Wildman–Crippen LogP) is 3.82. The van der Waals surface area contributed by atoms with Crippen molar-refractivity contribution in [1.82, 2.24) is 10.2 Å². The van der Waals surface area contributed by atoms with Gasteiger partial charge in [-0.25, -0.2) is 0 Å². The number of rotatable bonds is 7. The van der Waals surface area contributed by atoms with Crippen molar-refractivity contribution in [2.75, 3.05) is 6.54 Å². The Labute approximate surface area is 153 Å². The Morgan fingerprint density at radius 1 is 1.32 bits per heavy atom. The molecule has 1 N–H and O–H groups in total. The summed E-state index contributed by atoms with van der Waals surface area (Å²) in [7, 11) is 0. The van der Waals surface area contributed by atoms with Gasteiger partial charge in [-0.3, -0.25) is 9.69 Å². The lowest BCUT2D eigenvalue weighted by molar-refractivity contribution is -0.142. The first-order valence-electron chi connectivity index (χ1n) is 8.79. The van der Waals surface area contributed by atoms with Gasteiger partial charge in [-0.15, -0.1) is 11.3 Å². The van der Waals surface area contributed by atoms with E-state index in [1.807, 2.05) is 50.4 Å². The van der Waals surface area contributed by atoms with Crippen LogP contribution >= 0.6 is 11.3 Å². The Morgan fingerprint density at radius 3 is 2.64 bits per heavy atom. The summed E-state index contributed by atoms with van der Waals surface area (Å²) in [4.78, 5) is 16.1. The molecule has 1 saturated heterocycles. The van der Waals surface area contributed by atoms with Gasteiger partial charge < -0.3 is 10.1 Å². The van der Waals surface area contributed by atoms with Crippen LogP contribution < -0.4 is 10.1 Å². The van der Waals surface area contributed by atoms with Crippen LogP contribution in [0.2, 0.25) is 0 Å². The molecule has 25 heavy (non-hydrogen) atoms. The van der Waals surface area contributed by atoms with Crippen LogP contribution in [0, 0.1) is 0 Å². The van der Waals surface area contributed by atoms with Gasteiger partial charge in [-0.05, 0) is 56.3 Å². The number of carbonyl (C=O) groups is 1. The zero-order valence-electron chi connectivity index (χ0n) is 15.1. The molecule has 1 unspecified atom stereocenters. The summed E-state index contributed by atoms with van der Waals surface area (Å²) in [6, 6.07) is 12.2. The van der Waals surface area contributed by atoms with Gasteiger partial charge in [0.05, 0.1) is 18.2 Å². The number of hydrogen-bond donors (Lipinski definition) is 1. The lowest BCUT2D eigenvalue weighted by Crippen LogP contribution is -2.65. The first-order chi connectivity index (χ1) is 12.0. The minimum Gasteiger partial charge on any atom is -0.491 e. The monoisotopic (exact) mass is 358 g/mol. The molecule has 5 heteroatoms. The SMILES string of the molecule is CC(C)Oc1ccc(CN2CCC2(C)C(=O)NCc2cccs2)cc1. The Morgan fingerprint density at radius 2 is 2.08 bits per heavy atom. The van der Waals surface area contributed by atoms with Crippen LogP contribution in [0.3, 0.4) is 0 Å². The molecule has 1 amide bonds. The topological polar surface area (TPSA) is 41.6 Å². The molecule has 2 aromatic rings. The number of nitrogens with zero attached hydrogens (tertiary/aromatic N) is 1. The predicted molar refractivity (Wildman–Crippen MR) is 102 cm³/mol. The number of hydrogen-bond acceptors (Lipinski definition) is 4. The van der Waals surface area contributed by atoms with Crippen molar-refractivity contribution >= 4 is 17.2 Å². The fraction of sp³-hybridized carbons (Fsp3) is 0.450. The Hall–Kier alpha value is -1.85. The van der Waals surface area contributed by atoms with Gasteiger partial charge in [-0.2, -0.15) is 0 Å². The van der Waals surface area contributed by atoms with Crippen molar-refractivity contribution in [1.29, 1.82) is 0 Å². The van der Waals surface area contributed by atoms with E-state index in [1.54, 1.807) is 11.3 Å². The second-order valence-corrected chi connectivity index (χ2v) is 8.05. The fourth-order valence-electron chi connectivity index (χ4n) is 3.05. The molecule has 134 valence electrons. The van der Waals surface area contributed by atoms with E-state index in [1.165, 1.54) is 10.4 Å². The molecule has 1 aliphatic rings. The van der Waals surface area contributed by atoms with E-state index >= 15 is 0 Å². The minimum absolute atomic E-state index is 0.118. The second kappa shape index (κ2) is 7.58. The normalized spacial score (nSPS) is 20.3. The van der Waals surface area contributed by atoms with Crippen LogP contribution in [0.15, 0.2) is 41.8 Å². The molecule has 1 aromatic carbocycles. The zero-order valence-corrected chi connectivity index (χ0v) is 15.9. The van der Waals surface area contributed by atoms with E-state index in [0.717, 1.165) is 25.3 Å². The molecule has 0 bridgehead atoms. The Balaban J connectivity index is 1.56. The van der Waals surface area contributed by atoms with Crippen LogP contribution in [0.4, 0.5) is 0 Å². The lowest BCUT2D eigenvalue weighted by atomic mass is 9.85. The van der Waals surface area contributed by atoms with E-state index in [4.69, 9.17) is 4.74 Å². The Bertz CT molecular complexity index is 697. The lowest BCUT2D eigenvalue weighted by Gasteiger charge is -2.49. The number of nitrogens with one attached hydrogen (secondary N) is 1. The average molecular weight is 359 g/mol. The van der Waals surface area contributed by atoms with E-state index < -0.39 is 5.54 Å². The van der Waals surface area contributed by atoms with Crippen LogP contribution in [0.25, 0.3) is 0 Å². The van der Waals surface area contributed by atoms with E-state index in [0.29, 0.717) is 6.54 Å². The van der Waals surface area contributed by atoms with Gasteiger partial charge in [0, 0.05) is 18.0 Å². The van der Waals surface area contributed by atoms with Crippen molar-refractivity contribution in [2.24, 2.45) is 0 Å². The van der Waals surface area contributed by atoms with Crippen LogP contribution in [0.5, 0.6) is 5.75 Å². The highest BCUT2D eigenvalue weighted by atomic mass is 32.1. The third-order valence-corrected chi connectivity index (χ3v) is 5.60. The number of amides is 1. The highest BCUT2D eigenvalue weighted by Gasteiger charge is 2.46. The second-order valence-electron chi connectivity index (χ2n) is 7.02. The molecule has 1 aliphatic heterocycles. The fourth-order valence-corrected chi connectivity index (χ4v) is 3.70. The van der Waals surface area contributed by atoms with Crippen molar-refractivity contribution < 1.29 is 9.53 Å². The molecule has 0 aliphatic carbocycles. The van der Waals surface area contributed by atoms with Crippen LogP contribution in [0.1, 0.15) is 37.6 Å². The summed E-state index contributed by atoms with van der Waals surface area (Å²) in [5.74, 6) is 1.01. The summed E-state index contributed by atoms with van der Waals surface area (Å²) < 4.78 is 5.68. The molecular weight excluding hydrogens is 332 g/mol. The number of ether oxygens (including phenoxy) is 1. The molecule has 0 spiro atoms. The van der Waals surface area contributed by atoms with Crippen molar-refractivity contribution in [3.05, 3.63) is 52.2 Å². The largest absolute Gasteiger partial charge is 0.491 e. The average Bonchev–Trinajstić information content (AvgIpc) is 3.10. The van der Waals surface area contributed by atoms with Gasteiger partial charge in [0.25, 0.3) is 0 Å². The van der Waals surface area contributed by atoms with Crippen LogP contribution in [-0.2, 0) is 17.9 Å². The highest BCUT2D eigenvalue weighted by Crippen LogP contribution is 2.32. The van der Waals surface area contributed by atoms with Gasteiger partial charge in [0.15, 0.2) is 0 Å². The zero-order chi connectivity index (χ0) is 17.9. The summed E-state index contributed by atoms with van der Waals surface area (Å²) in [5, 5.41) is 5.12. The van der Waals surface area contributed by atoms with E-state index in [-0.39, 0.29) is 12.0 Å². The maximum Gasteiger partial charge on any atom is 0.240 e. The summed E-state index contributed by atoms with van der Waals surface area (Å²) in [5.41, 5.74) is 0.790. The smallest absolute Gasteiger partial charge is 0.240 e. The van der Waals surface area contributed by atoms with Crippen molar-refractivity contribution in [2.45, 2.75) is 51.9 Å². The van der Waals surface area contributed by atoms with Gasteiger partial charge in [-0.1, -0.05) is 18.2 Å². The van der Waals surface area contributed by atoms with Gasteiger partial charge in [0.1, 0.15) is 5.75 Å². The quantitative estimate of drug-likeness (QED) is 0.818. The summed E-state index contributed by atoms with van der Waals surface area (Å²) in [6.07, 6.45) is 1.08. The maximum absolute atomic E-state index is 12.7. The molecule has 1 aromatic heterocycles. The first-order valence-corrected chi connectivity index (χ1v) is 9.67. The van der Waals surface area contributed by atoms with Gasteiger partial charge in [0.2, 0.25) is 5.91 Å². The van der Waals surface area contributed by atoms with Crippen molar-refractivity contribution in [3.63, 3.8) is 0 Å². The van der Waals surface area contributed by atoms with Crippen LogP contribution in [-0.4, -0.2) is 29.0 Å². The standard InChI is InChI=1S/C20H26N2O2S/c1-15(2)24-17-8-6-16(7-9-17)14-22-11-10-20(22,3)19(23)21-13-18-5-4-12-25-18/h4-9,12,15H,10-11,13-14H2,1-3H3,(H,21,23). The third kappa shape index (κ3) is 4.22. The molecule has 0 saturated carbocycles. The van der Waals surface area contributed by atoms with E-state index in [9.17, 15) is 4.79 Å².